The van der Waals surface area contributed by atoms with Crippen LogP contribution in [0.2, 0.25) is 0 Å². The number of anilines is 1. The van der Waals surface area contributed by atoms with Gasteiger partial charge < -0.3 is 20.6 Å². The third-order valence-corrected chi connectivity index (χ3v) is 5.02. The highest BCUT2D eigenvalue weighted by Crippen LogP contribution is 2.26. The third kappa shape index (κ3) is 3.57. The fourth-order valence-electron chi connectivity index (χ4n) is 3.46. The summed E-state index contributed by atoms with van der Waals surface area (Å²) in [6.45, 7) is 1.81. The fraction of sp³-hybridized carbons (Fsp3) is 0.238. The first-order valence-electron chi connectivity index (χ1n) is 9.09. The number of nitrogens with two attached hydrogens (primary N) is 1. The van der Waals surface area contributed by atoms with Crippen molar-refractivity contribution >= 4 is 5.69 Å². The number of nitrogen functional groups attached to an aromatic ring is 1. The van der Waals surface area contributed by atoms with Gasteiger partial charge in [0.15, 0.2) is 0 Å². The molecule has 4 N–H and O–H groups in total. The summed E-state index contributed by atoms with van der Waals surface area (Å²) in [5.74, 6) is 1.47. The zero-order chi connectivity index (χ0) is 19.7. The molecule has 0 saturated carbocycles. The summed E-state index contributed by atoms with van der Waals surface area (Å²) >= 11 is 0. The monoisotopic (exact) mass is 378 g/mol. The van der Waals surface area contributed by atoms with E-state index in [0.29, 0.717) is 36.8 Å². The van der Waals surface area contributed by atoms with E-state index in [9.17, 15) is 9.90 Å². The number of methoxy groups -OCH3 is 1. The molecule has 144 valence electrons. The maximum atomic E-state index is 12.5. The van der Waals surface area contributed by atoms with Crippen molar-refractivity contribution in [2.45, 2.75) is 19.5 Å². The van der Waals surface area contributed by atoms with Gasteiger partial charge in [-0.25, -0.2) is 4.98 Å². The second-order valence-corrected chi connectivity index (χ2v) is 6.92. The fourth-order valence-corrected chi connectivity index (χ4v) is 3.46. The summed E-state index contributed by atoms with van der Waals surface area (Å²) in [4.78, 5) is 22.3. The van der Waals surface area contributed by atoms with E-state index in [2.05, 4.69) is 9.88 Å². The number of benzene rings is 2. The van der Waals surface area contributed by atoms with E-state index in [1.54, 1.807) is 31.4 Å². The molecule has 0 fully saturated rings. The number of phenolic OH excluding ortho intramolecular Hbond substituents is 1. The van der Waals surface area contributed by atoms with Crippen molar-refractivity contribution < 1.29 is 9.84 Å². The van der Waals surface area contributed by atoms with Crippen LogP contribution in [0.15, 0.2) is 47.3 Å². The van der Waals surface area contributed by atoms with Gasteiger partial charge in [0.05, 0.1) is 12.8 Å². The predicted octanol–water partition coefficient (Wildman–Crippen LogP) is 2.29. The number of aromatic hydroxyl groups is 1. The number of fused-ring (bicyclic) bond motifs is 1. The molecule has 0 radical (unpaired) electrons. The van der Waals surface area contributed by atoms with Crippen molar-refractivity contribution in [3.63, 3.8) is 0 Å². The zero-order valence-corrected chi connectivity index (χ0v) is 15.6. The molecule has 1 aliphatic rings. The Kier molecular flexibility index (Phi) is 4.75. The Morgan fingerprint density at radius 1 is 1.25 bits per heavy atom. The van der Waals surface area contributed by atoms with Gasteiger partial charge in [0, 0.05) is 42.0 Å². The second kappa shape index (κ2) is 7.36. The van der Waals surface area contributed by atoms with Gasteiger partial charge in [0.2, 0.25) is 0 Å². The van der Waals surface area contributed by atoms with Gasteiger partial charge >= 0.3 is 0 Å². The Bertz CT molecular complexity index is 1060. The van der Waals surface area contributed by atoms with Gasteiger partial charge in [-0.15, -0.1) is 0 Å². The van der Waals surface area contributed by atoms with Crippen LogP contribution in [0.5, 0.6) is 11.5 Å². The van der Waals surface area contributed by atoms with Gasteiger partial charge in [0.25, 0.3) is 5.56 Å². The van der Waals surface area contributed by atoms with Crippen LogP contribution >= 0.6 is 0 Å². The lowest BCUT2D eigenvalue weighted by Crippen LogP contribution is -2.35. The molecule has 2 aromatic carbocycles. The average Bonchev–Trinajstić information content (AvgIpc) is 2.70. The van der Waals surface area contributed by atoms with Gasteiger partial charge in [0.1, 0.15) is 17.3 Å². The molecule has 3 aromatic rings. The van der Waals surface area contributed by atoms with Crippen molar-refractivity contribution in [2.24, 2.45) is 0 Å². The highest BCUT2D eigenvalue weighted by Gasteiger charge is 2.22. The van der Waals surface area contributed by atoms with Crippen molar-refractivity contribution in [1.29, 1.82) is 0 Å². The Morgan fingerprint density at radius 3 is 2.79 bits per heavy atom. The first kappa shape index (κ1) is 18.1. The number of nitrogens with zero attached hydrogens (tertiary/aromatic N) is 2. The van der Waals surface area contributed by atoms with Crippen LogP contribution in [0.3, 0.4) is 0 Å². The molecule has 0 spiro atoms. The summed E-state index contributed by atoms with van der Waals surface area (Å²) in [5.41, 5.74) is 9.40. The summed E-state index contributed by atoms with van der Waals surface area (Å²) in [6, 6.07) is 12.4. The average molecular weight is 378 g/mol. The van der Waals surface area contributed by atoms with E-state index < -0.39 is 0 Å². The Hall–Kier alpha value is -3.32. The molecule has 7 nitrogen and oxygen atoms in total. The number of aromatic amines is 1. The summed E-state index contributed by atoms with van der Waals surface area (Å²) in [6.07, 6.45) is 0.615. The molecule has 0 saturated heterocycles. The van der Waals surface area contributed by atoms with E-state index in [1.165, 1.54) is 0 Å². The van der Waals surface area contributed by atoms with E-state index in [-0.39, 0.29) is 11.3 Å². The molecular weight excluding hydrogens is 356 g/mol. The minimum atomic E-state index is -0.0966. The van der Waals surface area contributed by atoms with E-state index >= 15 is 0 Å². The van der Waals surface area contributed by atoms with Gasteiger partial charge in [-0.1, -0.05) is 0 Å². The van der Waals surface area contributed by atoms with Crippen molar-refractivity contribution in [3.05, 3.63) is 69.6 Å². The second-order valence-electron chi connectivity index (χ2n) is 6.92. The normalized spacial score (nSPS) is 13.9. The molecular formula is C21H22N4O3. The molecule has 1 aromatic heterocycles. The van der Waals surface area contributed by atoms with Gasteiger partial charge in [-0.05, 0) is 48.9 Å². The van der Waals surface area contributed by atoms with Crippen LogP contribution < -0.4 is 16.0 Å². The van der Waals surface area contributed by atoms with E-state index in [4.69, 9.17) is 15.5 Å². The number of nitrogens with one attached hydrogen (secondary N) is 1. The van der Waals surface area contributed by atoms with Crippen LogP contribution in [0.1, 0.15) is 16.8 Å². The predicted molar refractivity (Wildman–Crippen MR) is 107 cm³/mol. The van der Waals surface area contributed by atoms with E-state index in [0.717, 1.165) is 28.9 Å². The van der Waals surface area contributed by atoms with Crippen LogP contribution in [-0.2, 0) is 19.5 Å². The van der Waals surface area contributed by atoms with Crippen LogP contribution in [0, 0.1) is 0 Å². The number of ether oxygens (including phenoxy) is 1. The lowest BCUT2D eigenvalue weighted by atomic mass is 10.0. The zero-order valence-electron chi connectivity index (χ0n) is 15.6. The third-order valence-electron chi connectivity index (χ3n) is 5.02. The lowest BCUT2D eigenvalue weighted by molar-refractivity contribution is 0.237. The van der Waals surface area contributed by atoms with E-state index in [1.807, 2.05) is 18.2 Å². The lowest BCUT2D eigenvalue weighted by Gasteiger charge is -2.28. The number of aromatic nitrogens is 2. The Balaban J connectivity index is 1.61. The van der Waals surface area contributed by atoms with Crippen LogP contribution in [0.25, 0.3) is 11.4 Å². The number of hydrogen-bond acceptors (Lipinski definition) is 6. The highest BCUT2D eigenvalue weighted by molar-refractivity contribution is 5.58. The van der Waals surface area contributed by atoms with Gasteiger partial charge in [-0.2, -0.15) is 0 Å². The molecule has 0 atom stereocenters. The summed E-state index contributed by atoms with van der Waals surface area (Å²) < 4.78 is 5.25. The van der Waals surface area contributed by atoms with Crippen molar-refractivity contribution in [1.82, 2.24) is 14.9 Å². The molecule has 0 unspecified atom stereocenters. The van der Waals surface area contributed by atoms with Crippen LogP contribution in [0.4, 0.5) is 5.69 Å². The van der Waals surface area contributed by atoms with Gasteiger partial charge in [-0.3, -0.25) is 9.69 Å². The number of H-pyrrole nitrogens is 1. The molecule has 0 amide bonds. The molecule has 2 heterocycles. The molecule has 4 rings (SSSR count). The Labute approximate surface area is 162 Å². The maximum absolute atomic E-state index is 12.5. The minimum Gasteiger partial charge on any atom is -0.508 e. The van der Waals surface area contributed by atoms with Crippen molar-refractivity contribution in [3.8, 4) is 22.9 Å². The number of hydrogen-bond donors (Lipinski definition) is 3. The molecule has 0 aliphatic carbocycles. The maximum Gasteiger partial charge on any atom is 0.254 e. The summed E-state index contributed by atoms with van der Waals surface area (Å²) in [5, 5.41) is 10.2. The highest BCUT2D eigenvalue weighted by atomic mass is 16.5. The topological polar surface area (TPSA) is 104 Å². The molecule has 1 aliphatic heterocycles. The minimum absolute atomic E-state index is 0.0966. The summed E-state index contributed by atoms with van der Waals surface area (Å²) in [7, 11) is 1.60. The first-order valence-corrected chi connectivity index (χ1v) is 9.09. The number of phenols is 1. The SMILES string of the molecule is COc1ccc(O)c(CN2CCc3c(nc(-c4ccc(N)cc4)[nH]c3=O)C2)c1. The largest absolute Gasteiger partial charge is 0.508 e. The van der Waals surface area contributed by atoms with Crippen LogP contribution in [-0.4, -0.2) is 33.6 Å². The standard InChI is InChI=1S/C21H22N4O3/c1-28-16-6-7-19(26)14(10-16)11-25-9-8-17-18(12-25)23-20(24-21(17)27)13-2-4-15(22)5-3-13/h2-7,10,26H,8-9,11-12,22H2,1H3,(H,23,24,27). The quantitative estimate of drug-likeness (QED) is 0.602. The molecule has 28 heavy (non-hydrogen) atoms. The Morgan fingerprint density at radius 2 is 2.04 bits per heavy atom. The van der Waals surface area contributed by atoms with Crippen molar-refractivity contribution in [2.75, 3.05) is 19.4 Å². The smallest absolute Gasteiger partial charge is 0.254 e. The molecule has 0 bridgehead atoms. The number of rotatable bonds is 4. The first-order chi connectivity index (χ1) is 13.5. The molecule has 7 heteroatoms.